The van der Waals surface area contributed by atoms with Gasteiger partial charge in [0.15, 0.2) is 0 Å². The highest BCUT2D eigenvalue weighted by molar-refractivity contribution is 7.79. The summed E-state index contributed by atoms with van der Waals surface area (Å²) in [6.07, 6.45) is 7.67. The van der Waals surface area contributed by atoms with Crippen molar-refractivity contribution in [2.24, 2.45) is 0 Å². The van der Waals surface area contributed by atoms with E-state index in [1.165, 1.54) is 36.0 Å². The van der Waals surface area contributed by atoms with Gasteiger partial charge in [-0.25, -0.2) is 0 Å². The van der Waals surface area contributed by atoms with Gasteiger partial charge in [-0.15, -0.1) is 0 Å². The largest absolute Gasteiger partial charge is 0.183 e. The van der Waals surface area contributed by atoms with Gasteiger partial charge in [-0.2, -0.15) is 12.6 Å². The van der Waals surface area contributed by atoms with E-state index in [4.69, 9.17) is 0 Å². The van der Waals surface area contributed by atoms with Crippen molar-refractivity contribution in [1.29, 1.82) is 0 Å². The van der Waals surface area contributed by atoms with Crippen LogP contribution in [0.4, 0.5) is 0 Å². The Labute approximate surface area is 106 Å². The Balaban J connectivity index is 0.00000106. The first kappa shape index (κ1) is 15.3. The Morgan fingerprint density at radius 1 is 1.12 bits per heavy atom. The van der Waals surface area contributed by atoms with Gasteiger partial charge in [0.05, 0.1) is 0 Å². The fourth-order valence-electron chi connectivity index (χ4n) is 1.45. The fourth-order valence-corrected chi connectivity index (χ4v) is 1.45. The van der Waals surface area contributed by atoms with Crippen molar-refractivity contribution in [3.8, 4) is 0 Å². The molecule has 0 aliphatic carbocycles. The van der Waals surface area contributed by atoms with E-state index in [2.05, 4.69) is 63.7 Å². The van der Waals surface area contributed by atoms with Crippen LogP contribution in [0.2, 0.25) is 0 Å². The van der Waals surface area contributed by atoms with E-state index >= 15 is 0 Å². The summed E-state index contributed by atoms with van der Waals surface area (Å²) >= 11 is 3.53. The molecule has 1 aromatic rings. The zero-order valence-corrected chi connectivity index (χ0v) is 11.8. The summed E-state index contributed by atoms with van der Waals surface area (Å²) < 4.78 is 0. The molecule has 0 amide bonds. The minimum absolute atomic E-state index is 1.20. The first-order chi connectivity index (χ1) is 7.68. The van der Waals surface area contributed by atoms with Crippen LogP contribution >= 0.6 is 12.6 Å². The molecule has 0 nitrogen and oxygen atoms in total. The van der Waals surface area contributed by atoms with Crippen molar-refractivity contribution in [2.45, 2.75) is 40.0 Å². The van der Waals surface area contributed by atoms with Gasteiger partial charge in [0, 0.05) is 0 Å². The number of allylic oxidation sites excluding steroid dienone is 2. The predicted octanol–water partition coefficient (Wildman–Crippen LogP) is 4.83. The smallest absolute Gasteiger partial charge is 0.0215 e. The third-order valence-electron chi connectivity index (χ3n) is 2.34. The molecule has 0 N–H and O–H groups in total. The molecule has 16 heavy (non-hydrogen) atoms. The number of thiol groups is 1. The molecule has 0 radical (unpaired) electrons. The second-order valence-electron chi connectivity index (χ2n) is 4.16. The number of aryl methyl sites for hydroxylation is 2. The molecule has 0 atom stereocenters. The second-order valence-corrected chi connectivity index (χ2v) is 4.16. The molecule has 0 saturated heterocycles. The molecule has 0 heterocycles. The van der Waals surface area contributed by atoms with E-state index in [1.807, 2.05) is 0 Å². The summed E-state index contributed by atoms with van der Waals surface area (Å²) in [5.41, 5.74) is 4.23. The Bertz CT molecular complexity index is 292. The predicted molar refractivity (Wildman–Crippen MR) is 78.5 cm³/mol. The first-order valence-corrected chi connectivity index (χ1v) is 6.71. The molecule has 0 bridgehead atoms. The quantitative estimate of drug-likeness (QED) is 0.432. The topological polar surface area (TPSA) is 0 Å². The molecule has 1 aromatic carbocycles. The van der Waals surface area contributed by atoms with Crippen LogP contribution < -0.4 is 0 Å². The number of benzene rings is 1. The average molecular weight is 236 g/mol. The van der Waals surface area contributed by atoms with Crippen LogP contribution in [-0.2, 0) is 6.42 Å². The van der Waals surface area contributed by atoms with Crippen LogP contribution in [0.25, 0.3) is 0 Å². The van der Waals surface area contributed by atoms with E-state index in [-0.39, 0.29) is 0 Å². The summed E-state index contributed by atoms with van der Waals surface area (Å²) in [6, 6.07) is 8.85. The molecule has 0 unspecified atom stereocenters. The maximum atomic E-state index is 3.53. The van der Waals surface area contributed by atoms with Crippen molar-refractivity contribution < 1.29 is 0 Å². The molecule has 0 aliphatic rings. The van der Waals surface area contributed by atoms with Gasteiger partial charge in [-0.05, 0) is 51.9 Å². The zero-order valence-electron chi connectivity index (χ0n) is 11.0. The van der Waals surface area contributed by atoms with Gasteiger partial charge >= 0.3 is 0 Å². The Kier molecular flexibility index (Phi) is 9.12. The number of rotatable bonds is 4. The molecular weight excluding hydrogens is 212 g/mol. The lowest BCUT2D eigenvalue weighted by Gasteiger charge is -2.00. The summed E-state index contributed by atoms with van der Waals surface area (Å²) in [4.78, 5) is 0. The number of hydrogen-bond acceptors (Lipinski definition) is 1. The monoisotopic (exact) mass is 236 g/mol. The molecular formula is C15H24S. The maximum absolute atomic E-state index is 3.53. The lowest BCUT2D eigenvalue weighted by molar-refractivity contribution is 0.838. The van der Waals surface area contributed by atoms with Gasteiger partial charge < -0.3 is 0 Å². The third kappa shape index (κ3) is 7.58. The zero-order chi connectivity index (χ0) is 12.4. The summed E-state index contributed by atoms with van der Waals surface area (Å²) in [6.45, 7) is 6.45. The van der Waals surface area contributed by atoms with Gasteiger partial charge in [0.1, 0.15) is 0 Å². The van der Waals surface area contributed by atoms with Crippen molar-refractivity contribution in [1.82, 2.24) is 0 Å². The normalized spacial score (nSPS) is 9.06. The Hall–Kier alpha value is -0.690. The molecule has 0 aliphatic heterocycles. The van der Waals surface area contributed by atoms with E-state index in [9.17, 15) is 0 Å². The molecule has 0 saturated carbocycles. The van der Waals surface area contributed by atoms with E-state index in [1.54, 1.807) is 6.26 Å². The van der Waals surface area contributed by atoms with Gasteiger partial charge in [-0.3, -0.25) is 0 Å². The van der Waals surface area contributed by atoms with Crippen LogP contribution in [-0.4, -0.2) is 6.26 Å². The van der Waals surface area contributed by atoms with Crippen molar-refractivity contribution in [3.63, 3.8) is 0 Å². The fraction of sp³-hybridized carbons (Fsp3) is 0.467. The summed E-state index contributed by atoms with van der Waals surface area (Å²) in [7, 11) is 0. The average Bonchev–Trinajstić information content (AvgIpc) is 2.29. The van der Waals surface area contributed by atoms with Crippen LogP contribution in [0.3, 0.4) is 0 Å². The van der Waals surface area contributed by atoms with Crippen molar-refractivity contribution in [3.05, 3.63) is 47.0 Å². The minimum Gasteiger partial charge on any atom is -0.183 e. The minimum atomic E-state index is 1.20. The maximum Gasteiger partial charge on any atom is -0.0215 e. The van der Waals surface area contributed by atoms with Crippen LogP contribution in [0.1, 0.15) is 37.8 Å². The van der Waals surface area contributed by atoms with Crippen LogP contribution in [0, 0.1) is 6.92 Å². The van der Waals surface area contributed by atoms with E-state index < -0.39 is 0 Å². The van der Waals surface area contributed by atoms with Gasteiger partial charge in [0.2, 0.25) is 0 Å². The summed E-state index contributed by atoms with van der Waals surface area (Å²) in [5, 5.41) is 0. The highest BCUT2D eigenvalue weighted by Crippen LogP contribution is 2.08. The standard InChI is InChI=1S/C14H20.CH4S/c1-12(2)6-4-5-7-14-10-8-13(3)9-11-14;1-2/h6,8-11H,4-5,7H2,1-3H3;2H,1H3. The van der Waals surface area contributed by atoms with Crippen LogP contribution in [0.5, 0.6) is 0 Å². The Morgan fingerprint density at radius 2 is 1.69 bits per heavy atom. The summed E-state index contributed by atoms with van der Waals surface area (Å²) in [5.74, 6) is 0. The first-order valence-electron chi connectivity index (χ1n) is 5.82. The molecule has 0 fully saturated rings. The van der Waals surface area contributed by atoms with E-state index in [0.717, 1.165) is 0 Å². The second kappa shape index (κ2) is 9.53. The molecule has 1 rings (SSSR count). The number of unbranched alkanes of at least 4 members (excludes halogenated alkanes) is 1. The highest BCUT2D eigenvalue weighted by Gasteiger charge is 1.91. The van der Waals surface area contributed by atoms with Crippen molar-refractivity contribution >= 4 is 12.6 Å². The van der Waals surface area contributed by atoms with E-state index in [0.29, 0.717) is 0 Å². The third-order valence-corrected chi connectivity index (χ3v) is 2.34. The molecule has 1 heteroatoms. The number of hydrogen-bond donors (Lipinski definition) is 1. The lowest BCUT2D eigenvalue weighted by atomic mass is 10.1. The highest BCUT2D eigenvalue weighted by atomic mass is 32.1. The molecule has 90 valence electrons. The van der Waals surface area contributed by atoms with Crippen LogP contribution in [0.15, 0.2) is 35.9 Å². The van der Waals surface area contributed by atoms with Gasteiger partial charge in [0.25, 0.3) is 0 Å². The molecule has 0 spiro atoms. The SMILES string of the molecule is CC(C)=CCCCc1ccc(C)cc1.CS. The lowest BCUT2D eigenvalue weighted by Crippen LogP contribution is -1.84. The molecule has 0 aromatic heterocycles. The van der Waals surface area contributed by atoms with Gasteiger partial charge in [-0.1, -0.05) is 41.5 Å². The Morgan fingerprint density at radius 3 is 2.19 bits per heavy atom. The van der Waals surface area contributed by atoms with Crippen molar-refractivity contribution in [2.75, 3.05) is 6.26 Å².